The minimum atomic E-state index is -4.91. The summed E-state index contributed by atoms with van der Waals surface area (Å²) in [6, 6.07) is 1.77. The Hall–Kier alpha value is -1.17. The van der Waals surface area contributed by atoms with Crippen molar-refractivity contribution < 1.29 is 22.3 Å². The number of halogens is 5. The lowest BCUT2D eigenvalue weighted by Crippen LogP contribution is -2.17. The number of hydrogen-bond donors (Lipinski definition) is 1. The number of hydrogen-bond acceptors (Lipinski definition) is 2. The van der Waals surface area contributed by atoms with Gasteiger partial charge in [0.05, 0.1) is 5.69 Å². The van der Waals surface area contributed by atoms with Crippen molar-refractivity contribution in [2.75, 3.05) is 5.73 Å². The summed E-state index contributed by atoms with van der Waals surface area (Å²) < 4.78 is 51.5. The number of anilines is 1. The highest BCUT2D eigenvalue weighted by Crippen LogP contribution is 2.34. The Morgan fingerprint density at radius 3 is 2.36 bits per heavy atom. The maximum absolute atomic E-state index is 12.9. The molecule has 0 saturated heterocycles. The van der Waals surface area contributed by atoms with Crippen LogP contribution < -0.4 is 10.5 Å². The van der Waals surface area contributed by atoms with Crippen molar-refractivity contribution in [1.29, 1.82) is 0 Å². The first kappa shape index (κ1) is 10.9. The van der Waals surface area contributed by atoms with Crippen LogP contribution in [0.2, 0.25) is 5.02 Å². The molecule has 1 aromatic rings. The number of ether oxygens (including phenoxy) is 1. The minimum Gasteiger partial charge on any atom is -0.404 e. The molecule has 0 fully saturated rings. The van der Waals surface area contributed by atoms with Crippen molar-refractivity contribution in [3.05, 3.63) is 23.0 Å². The first-order valence-corrected chi connectivity index (χ1v) is 3.68. The fourth-order valence-corrected chi connectivity index (χ4v) is 0.961. The van der Waals surface area contributed by atoms with Gasteiger partial charge < -0.3 is 10.5 Å². The number of nitrogen functional groups attached to an aromatic ring is 1. The molecule has 14 heavy (non-hydrogen) atoms. The van der Waals surface area contributed by atoms with E-state index >= 15 is 0 Å². The van der Waals surface area contributed by atoms with Gasteiger partial charge in [0.2, 0.25) is 0 Å². The predicted octanol–water partition coefficient (Wildman–Crippen LogP) is 2.96. The molecule has 1 rings (SSSR count). The topological polar surface area (TPSA) is 35.2 Å². The summed E-state index contributed by atoms with van der Waals surface area (Å²) in [5.41, 5.74) is 4.71. The molecule has 2 N–H and O–H groups in total. The van der Waals surface area contributed by atoms with Crippen molar-refractivity contribution in [2.45, 2.75) is 6.36 Å². The van der Waals surface area contributed by atoms with Gasteiger partial charge in [-0.3, -0.25) is 0 Å². The highest BCUT2D eigenvalue weighted by molar-refractivity contribution is 6.32. The van der Waals surface area contributed by atoms with E-state index in [0.717, 1.165) is 12.1 Å². The van der Waals surface area contributed by atoms with Crippen LogP contribution in [0.4, 0.5) is 23.2 Å². The van der Waals surface area contributed by atoms with Crippen molar-refractivity contribution >= 4 is 17.3 Å². The van der Waals surface area contributed by atoms with Gasteiger partial charge in [-0.15, -0.1) is 13.2 Å². The number of nitrogens with two attached hydrogens (primary N) is 1. The highest BCUT2D eigenvalue weighted by Gasteiger charge is 2.32. The Kier molecular flexibility index (Phi) is 2.75. The third kappa shape index (κ3) is 2.41. The van der Waals surface area contributed by atoms with Crippen LogP contribution in [0.25, 0.3) is 0 Å². The molecule has 0 aromatic heterocycles. The molecule has 0 radical (unpaired) electrons. The second-order valence-corrected chi connectivity index (χ2v) is 2.71. The van der Waals surface area contributed by atoms with Crippen LogP contribution in [0.1, 0.15) is 0 Å². The minimum absolute atomic E-state index is 0.343. The third-order valence-corrected chi connectivity index (χ3v) is 1.65. The second kappa shape index (κ2) is 3.53. The smallest absolute Gasteiger partial charge is 0.404 e. The van der Waals surface area contributed by atoms with Crippen LogP contribution in [0.5, 0.6) is 5.75 Å². The Balaban J connectivity index is 3.06. The molecule has 0 saturated carbocycles. The lowest BCUT2D eigenvalue weighted by atomic mass is 10.3. The zero-order valence-corrected chi connectivity index (χ0v) is 7.29. The van der Waals surface area contributed by atoms with Gasteiger partial charge in [-0.25, -0.2) is 4.39 Å². The number of alkyl halides is 3. The summed E-state index contributed by atoms with van der Waals surface area (Å²) in [7, 11) is 0. The van der Waals surface area contributed by atoms with Gasteiger partial charge in [0, 0.05) is 0 Å². The molecule has 0 aliphatic carbocycles. The highest BCUT2D eigenvalue weighted by atomic mass is 35.5. The zero-order chi connectivity index (χ0) is 10.9. The van der Waals surface area contributed by atoms with Crippen LogP contribution in [-0.4, -0.2) is 6.36 Å². The van der Waals surface area contributed by atoms with Gasteiger partial charge in [0.25, 0.3) is 0 Å². The normalized spacial score (nSPS) is 11.5. The Bertz CT molecular complexity index is 352. The quantitative estimate of drug-likeness (QED) is 0.594. The molecule has 7 heteroatoms. The Morgan fingerprint density at radius 1 is 1.29 bits per heavy atom. The standard InChI is InChI=1S/C7H4ClF4NO/c8-5-4(14-7(10,11)12)2-1-3(13)6(5)9/h1-2H,13H2. The largest absolute Gasteiger partial charge is 0.573 e. The molecule has 2 nitrogen and oxygen atoms in total. The van der Waals surface area contributed by atoms with E-state index in [1.165, 1.54) is 0 Å². The lowest BCUT2D eigenvalue weighted by Gasteiger charge is -2.11. The van der Waals surface area contributed by atoms with E-state index in [2.05, 4.69) is 4.74 Å². The summed E-state index contributed by atoms with van der Waals surface area (Å²) in [6.07, 6.45) is -4.91. The van der Waals surface area contributed by atoms with Gasteiger partial charge in [-0.1, -0.05) is 11.6 Å². The number of benzene rings is 1. The van der Waals surface area contributed by atoms with E-state index in [9.17, 15) is 17.6 Å². The molecule has 0 spiro atoms. The molecule has 0 amide bonds. The summed E-state index contributed by atoms with van der Waals surface area (Å²) in [5.74, 6) is -1.95. The average molecular weight is 230 g/mol. The van der Waals surface area contributed by atoms with Crippen LogP contribution in [0.3, 0.4) is 0 Å². The molecule has 0 atom stereocenters. The van der Waals surface area contributed by atoms with E-state index in [4.69, 9.17) is 17.3 Å². The fourth-order valence-electron chi connectivity index (χ4n) is 0.750. The molecule has 1 aromatic carbocycles. The first-order chi connectivity index (χ1) is 6.31. The van der Waals surface area contributed by atoms with Crippen molar-refractivity contribution in [1.82, 2.24) is 0 Å². The maximum Gasteiger partial charge on any atom is 0.573 e. The molecular formula is C7H4ClF4NO. The molecule has 0 unspecified atom stereocenters. The van der Waals surface area contributed by atoms with Gasteiger partial charge >= 0.3 is 6.36 Å². The van der Waals surface area contributed by atoms with E-state index < -0.39 is 23.0 Å². The molecule has 0 aliphatic heterocycles. The summed E-state index contributed by atoms with van der Waals surface area (Å²) >= 11 is 5.22. The predicted molar refractivity (Wildman–Crippen MR) is 42.5 cm³/mol. The molecule has 78 valence electrons. The van der Waals surface area contributed by atoms with E-state index in [-0.39, 0.29) is 5.69 Å². The Morgan fingerprint density at radius 2 is 1.86 bits per heavy atom. The molecule has 0 heterocycles. The summed E-state index contributed by atoms with van der Waals surface area (Å²) in [6.45, 7) is 0. The monoisotopic (exact) mass is 229 g/mol. The Labute approximate surface area is 81.2 Å². The van der Waals surface area contributed by atoms with Gasteiger partial charge in [0.1, 0.15) is 5.02 Å². The molecule has 0 aliphatic rings. The first-order valence-electron chi connectivity index (χ1n) is 3.30. The average Bonchev–Trinajstić information content (AvgIpc) is 2.04. The van der Waals surface area contributed by atoms with E-state index in [0.29, 0.717) is 0 Å². The third-order valence-electron chi connectivity index (χ3n) is 1.30. The van der Waals surface area contributed by atoms with E-state index in [1.807, 2.05) is 0 Å². The zero-order valence-electron chi connectivity index (χ0n) is 6.53. The maximum atomic E-state index is 12.9. The van der Waals surface area contributed by atoms with Crippen molar-refractivity contribution in [2.24, 2.45) is 0 Å². The van der Waals surface area contributed by atoms with Crippen LogP contribution in [0.15, 0.2) is 12.1 Å². The van der Waals surface area contributed by atoms with Gasteiger partial charge in [0.15, 0.2) is 11.6 Å². The molecular weight excluding hydrogens is 226 g/mol. The summed E-state index contributed by atoms with van der Waals surface area (Å²) in [4.78, 5) is 0. The van der Waals surface area contributed by atoms with Crippen molar-refractivity contribution in [3.8, 4) is 5.75 Å². The van der Waals surface area contributed by atoms with Gasteiger partial charge in [-0.05, 0) is 12.1 Å². The molecule has 0 bridgehead atoms. The van der Waals surface area contributed by atoms with Crippen LogP contribution >= 0.6 is 11.6 Å². The number of rotatable bonds is 1. The summed E-state index contributed by atoms with van der Waals surface area (Å²) in [5, 5.41) is -0.790. The van der Waals surface area contributed by atoms with Crippen molar-refractivity contribution in [3.63, 3.8) is 0 Å². The fraction of sp³-hybridized carbons (Fsp3) is 0.143. The SMILES string of the molecule is Nc1ccc(OC(F)(F)F)c(Cl)c1F. The van der Waals surface area contributed by atoms with E-state index in [1.54, 1.807) is 0 Å². The van der Waals surface area contributed by atoms with Crippen LogP contribution in [0, 0.1) is 5.82 Å². The second-order valence-electron chi connectivity index (χ2n) is 2.33. The van der Waals surface area contributed by atoms with Gasteiger partial charge in [-0.2, -0.15) is 0 Å². The lowest BCUT2D eigenvalue weighted by molar-refractivity contribution is -0.274. The van der Waals surface area contributed by atoms with Crippen LogP contribution in [-0.2, 0) is 0 Å².